The molecule has 0 aromatic heterocycles. The summed E-state index contributed by atoms with van der Waals surface area (Å²) < 4.78 is 0. The second kappa shape index (κ2) is 6.83. The van der Waals surface area contributed by atoms with Gasteiger partial charge in [-0.1, -0.05) is 51.8 Å². The van der Waals surface area contributed by atoms with Crippen molar-refractivity contribution in [2.45, 2.75) is 58.1 Å². The number of hydrogen-bond donors (Lipinski definition) is 1. The number of thioether (sulfide) groups is 1. The molecule has 0 saturated heterocycles. The van der Waals surface area contributed by atoms with Crippen molar-refractivity contribution >= 4 is 16.9 Å². The van der Waals surface area contributed by atoms with E-state index in [2.05, 4.69) is 31.1 Å². The Balaban J connectivity index is 1.68. The van der Waals surface area contributed by atoms with E-state index in [-0.39, 0.29) is 0 Å². The van der Waals surface area contributed by atoms with Crippen molar-refractivity contribution in [3.05, 3.63) is 0 Å². The van der Waals surface area contributed by atoms with Crippen LogP contribution in [0, 0.1) is 17.8 Å². The molecule has 3 unspecified atom stereocenters. The number of aliphatic imine (C=N–C) groups is 1. The van der Waals surface area contributed by atoms with E-state index in [0.29, 0.717) is 0 Å². The first kappa shape index (κ1) is 14.2. The highest BCUT2D eigenvalue weighted by Gasteiger charge is 2.24. The lowest BCUT2D eigenvalue weighted by Gasteiger charge is -2.29. The van der Waals surface area contributed by atoms with Crippen LogP contribution in [0.4, 0.5) is 0 Å². The summed E-state index contributed by atoms with van der Waals surface area (Å²) in [4.78, 5) is 4.65. The molecule has 1 N–H and O–H groups in total. The summed E-state index contributed by atoms with van der Waals surface area (Å²) in [6.07, 6.45) is 6.97. The average molecular weight is 268 g/mol. The monoisotopic (exact) mass is 268 g/mol. The van der Waals surface area contributed by atoms with Crippen molar-refractivity contribution in [3.63, 3.8) is 0 Å². The Bertz CT molecular complexity index is 288. The molecule has 1 aliphatic heterocycles. The number of nitrogens with zero attached hydrogens (tertiary/aromatic N) is 1. The molecule has 2 rings (SSSR count). The van der Waals surface area contributed by atoms with E-state index < -0.39 is 0 Å². The zero-order valence-electron chi connectivity index (χ0n) is 12.1. The normalized spacial score (nSPS) is 32.7. The molecular weight excluding hydrogens is 240 g/mol. The van der Waals surface area contributed by atoms with E-state index in [1.807, 2.05) is 11.8 Å². The molecule has 3 atom stereocenters. The molecule has 3 heteroatoms. The number of hydrogen-bond acceptors (Lipinski definition) is 3. The van der Waals surface area contributed by atoms with Crippen LogP contribution in [0.5, 0.6) is 0 Å². The molecule has 0 aromatic rings. The second-order valence-corrected chi connectivity index (χ2v) is 7.71. The van der Waals surface area contributed by atoms with E-state index in [0.717, 1.165) is 36.1 Å². The lowest BCUT2D eigenvalue weighted by molar-refractivity contribution is 0.257. The molecule has 18 heavy (non-hydrogen) atoms. The summed E-state index contributed by atoms with van der Waals surface area (Å²) >= 11 is 1.97. The largest absolute Gasteiger partial charge is 0.365 e. The van der Waals surface area contributed by atoms with Crippen LogP contribution in [0.2, 0.25) is 0 Å². The fourth-order valence-corrected chi connectivity index (χ4v) is 4.34. The second-order valence-electron chi connectivity index (χ2n) is 6.42. The van der Waals surface area contributed by atoms with E-state index >= 15 is 0 Å². The number of rotatable bonds is 4. The van der Waals surface area contributed by atoms with Crippen molar-refractivity contribution in [1.29, 1.82) is 0 Å². The molecule has 104 valence electrons. The van der Waals surface area contributed by atoms with Gasteiger partial charge in [-0.3, -0.25) is 4.99 Å². The van der Waals surface area contributed by atoms with Gasteiger partial charge in [0.1, 0.15) is 0 Å². The first-order valence-electron chi connectivity index (χ1n) is 7.60. The van der Waals surface area contributed by atoms with Gasteiger partial charge in [0.2, 0.25) is 0 Å². The Morgan fingerprint density at radius 1 is 1.33 bits per heavy atom. The van der Waals surface area contributed by atoms with Gasteiger partial charge in [0.05, 0.1) is 6.54 Å². The zero-order valence-corrected chi connectivity index (χ0v) is 12.9. The SMILES string of the molecule is CC(C)CC1CN=C(NCC2CCCCC2C)S1. The molecule has 1 saturated carbocycles. The van der Waals surface area contributed by atoms with Gasteiger partial charge in [0.25, 0.3) is 0 Å². The van der Waals surface area contributed by atoms with Crippen molar-refractivity contribution < 1.29 is 0 Å². The Morgan fingerprint density at radius 3 is 2.83 bits per heavy atom. The molecule has 2 aliphatic rings. The van der Waals surface area contributed by atoms with Gasteiger partial charge in [-0.2, -0.15) is 0 Å². The van der Waals surface area contributed by atoms with Gasteiger partial charge in [0.15, 0.2) is 5.17 Å². The van der Waals surface area contributed by atoms with Gasteiger partial charge in [-0.05, 0) is 30.6 Å². The minimum absolute atomic E-state index is 0.719. The maximum atomic E-state index is 4.65. The number of amidine groups is 1. The minimum Gasteiger partial charge on any atom is -0.365 e. The summed E-state index contributed by atoms with van der Waals surface area (Å²) in [5, 5.41) is 5.52. The van der Waals surface area contributed by atoms with Gasteiger partial charge in [-0.25, -0.2) is 0 Å². The molecule has 0 aromatic carbocycles. The highest BCUT2D eigenvalue weighted by atomic mass is 32.2. The lowest BCUT2D eigenvalue weighted by atomic mass is 9.80. The number of nitrogens with one attached hydrogen (secondary N) is 1. The van der Waals surface area contributed by atoms with E-state index in [1.54, 1.807) is 0 Å². The first-order valence-corrected chi connectivity index (χ1v) is 8.48. The van der Waals surface area contributed by atoms with Crippen LogP contribution in [0.1, 0.15) is 52.9 Å². The van der Waals surface area contributed by atoms with Crippen molar-refractivity contribution in [3.8, 4) is 0 Å². The van der Waals surface area contributed by atoms with Crippen LogP contribution in [0.25, 0.3) is 0 Å². The van der Waals surface area contributed by atoms with Crippen molar-refractivity contribution in [1.82, 2.24) is 5.32 Å². The minimum atomic E-state index is 0.719. The molecule has 1 heterocycles. The molecule has 0 radical (unpaired) electrons. The summed E-state index contributed by atoms with van der Waals surface area (Å²) in [5.74, 6) is 2.55. The Kier molecular flexibility index (Phi) is 5.40. The summed E-state index contributed by atoms with van der Waals surface area (Å²) in [6, 6.07) is 0. The summed E-state index contributed by atoms with van der Waals surface area (Å²) in [7, 11) is 0. The first-order chi connectivity index (χ1) is 8.65. The smallest absolute Gasteiger partial charge is 0.156 e. The Morgan fingerprint density at radius 2 is 2.11 bits per heavy atom. The lowest BCUT2D eigenvalue weighted by Crippen LogP contribution is -2.31. The highest BCUT2D eigenvalue weighted by Crippen LogP contribution is 2.30. The molecule has 1 fully saturated rings. The average Bonchev–Trinajstić information content (AvgIpc) is 2.75. The van der Waals surface area contributed by atoms with Crippen LogP contribution in [0.3, 0.4) is 0 Å². The fourth-order valence-electron chi connectivity index (χ4n) is 3.08. The van der Waals surface area contributed by atoms with E-state index in [9.17, 15) is 0 Å². The van der Waals surface area contributed by atoms with Gasteiger partial charge in [0, 0.05) is 11.8 Å². The predicted octanol–water partition coefficient (Wildman–Crippen LogP) is 3.92. The van der Waals surface area contributed by atoms with Crippen molar-refractivity contribution in [2.75, 3.05) is 13.1 Å². The van der Waals surface area contributed by atoms with Gasteiger partial charge < -0.3 is 5.32 Å². The van der Waals surface area contributed by atoms with Crippen LogP contribution < -0.4 is 5.32 Å². The fraction of sp³-hybridized carbons (Fsp3) is 0.933. The molecule has 0 amide bonds. The van der Waals surface area contributed by atoms with Crippen molar-refractivity contribution in [2.24, 2.45) is 22.7 Å². The highest BCUT2D eigenvalue weighted by molar-refractivity contribution is 8.14. The van der Waals surface area contributed by atoms with Crippen LogP contribution in [0.15, 0.2) is 4.99 Å². The van der Waals surface area contributed by atoms with Crippen LogP contribution in [-0.4, -0.2) is 23.5 Å². The quantitative estimate of drug-likeness (QED) is 0.835. The third-order valence-electron chi connectivity index (χ3n) is 4.26. The van der Waals surface area contributed by atoms with Crippen LogP contribution >= 0.6 is 11.8 Å². The molecule has 1 aliphatic carbocycles. The van der Waals surface area contributed by atoms with Gasteiger partial charge in [-0.15, -0.1) is 0 Å². The maximum absolute atomic E-state index is 4.65. The summed E-state index contributed by atoms with van der Waals surface area (Å²) in [5.41, 5.74) is 0. The third-order valence-corrected chi connectivity index (χ3v) is 5.43. The summed E-state index contributed by atoms with van der Waals surface area (Å²) in [6.45, 7) is 9.18. The van der Waals surface area contributed by atoms with Crippen LogP contribution in [-0.2, 0) is 0 Å². The Hall–Kier alpha value is -0.180. The van der Waals surface area contributed by atoms with E-state index in [4.69, 9.17) is 0 Å². The maximum Gasteiger partial charge on any atom is 0.156 e. The van der Waals surface area contributed by atoms with E-state index in [1.165, 1.54) is 37.3 Å². The molecule has 0 spiro atoms. The van der Waals surface area contributed by atoms with Gasteiger partial charge >= 0.3 is 0 Å². The predicted molar refractivity (Wildman–Crippen MR) is 82.3 cm³/mol. The Labute approximate surface area is 116 Å². The third kappa shape index (κ3) is 4.18. The standard InChI is InChI=1S/C15H28N2S/c1-11(2)8-14-10-17-15(18-14)16-9-13-7-5-4-6-12(13)3/h11-14H,4-10H2,1-3H3,(H,16,17). The zero-order chi connectivity index (χ0) is 13.0. The molecular formula is C15H28N2S. The topological polar surface area (TPSA) is 24.4 Å². The molecule has 0 bridgehead atoms. The molecule has 2 nitrogen and oxygen atoms in total.